The van der Waals surface area contributed by atoms with Crippen LogP contribution in [0.3, 0.4) is 0 Å². The minimum Gasteiger partial charge on any atom is -0.387 e. The van der Waals surface area contributed by atoms with Gasteiger partial charge in [0.2, 0.25) is 0 Å². The van der Waals surface area contributed by atoms with Gasteiger partial charge < -0.3 is 14.4 Å². The van der Waals surface area contributed by atoms with E-state index in [-0.39, 0.29) is 0 Å². The smallest absolute Gasteiger partial charge is 0.111 e. The largest absolute Gasteiger partial charge is 0.387 e. The molecule has 15 heavy (non-hydrogen) atoms. The van der Waals surface area contributed by atoms with Crippen molar-refractivity contribution in [3.05, 3.63) is 18.2 Å². The summed E-state index contributed by atoms with van der Waals surface area (Å²) in [6.45, 7) is 4.19. The fourth-order valence-corrected chi connectivity index (χ4v) is 1.98. The maximum atomic E-state index is 10.2. The van der Waals surface area contributed by atoms with Crippen LogP contribution in [0.25, 0.3) is 0 Å². The minimum atomic E-state index is -0.698. The van der Waals surface area contributed by atoms with Crippen LogP contribution in [-0.2, 0) is 17.7 Å². The standard InChI is InChI=1S/C11H18N2O2/c1-2-5-13-6-4-12-10(13)8-11(14)3-7-15-9-11/h4,6,14H,2-3,5,7-9H2,1H3. The lowest BCUT2D eigenvalue weighted by molar-refractivity contribution is 0.0247. The van der Waals surface area contributed by atoms with Crippen molar-refractivity contribution in [1.82, 2.24) is 9.55 Å². The normalized spacial score (nSPS) is 26.0. The predicted octanol–water partition coefficient (Wildman–Crippen LogP) is 0.987. The molecular formula is C11H18N2O2. The molecule has 1 saturated heterocycles. The van der Waals surface area contributed by atoms with Gasteiger partial charge in [-0.25, -0.2) is 4.98 Å². The van der Waals surface area contributed by atoms with E-state index in [0.717, 1.165) is 18.8 Å². The highest BCUT2D eigenvalue weighted by Gasteiger charge is 2.33. The second-order valence-corrected chi connectivity index (χ2v) is 4.24. The molecule has 1 aromatic heterocycles. The summed E-state index contributed by atoms with van der Waals surface area (Å²) in [5, 5.41) is 10.2. The van der Waals surface area contributed by atoms with Gasteiger partial charge in [-0.05, 0) is 6.42 Å². The molecule has 1 atom stereocenters. The lowest BCUT2D eigenvalue weighted by Crippen LogP contribution is -2.33. The number of rotatable bonds is 4. The number of ether oxygens (including phenoxy) is 1. The van der Waals surface area contributed by atoms with Crippen molar-refractivity contribution in [3.8, 4) is 0 Å². The molecule has 2 rings (SSSR count). The SMILES string of the molecule is CCCn1ccnc1CC1(O)CCOC1. The average molecular weight is 210 g/mol. The Morgan fingerprint density at radius 2 is 2.53 bits per heavy atom. The quantitative estimate of drug-likeness (QED) is 0.806. The highest BCUT2D eigenvalue weighted by Crippen LogP contribution is 2.22. The van der Waals surface area contributed by atoms with Crippen LogP contribution in [0.2, 0.25) is 0 Å². The molecule has 1 N–H and O–H groups in total. The molecular weight excluding hydrogens is 192 g/mol. The maximum Gasteiger partial charge on any atom is 0.111 e. The number of hydrogen-bond acceptors (Lipinski definition) is 3. The number of hydrogen-bond donors (Lipinski definition) is 1. The van der Waals surface area contributed by atoms with E-state index in [0.29, 0.717) is 26.1 Å². The third kappa shape index (κ3) is 2.38. The molecule has 4 heteroatoms. The van der Waals surface area contributed by atoms with Crippen molar-refractivity contribution in [3.63, 3.8) is 0 Å². The first-order chi connectivity index (χ1) is 7.23. The summed E-state index contributed by atoms with van der Waals surface area (Å²) in [6.07, 6.45) is 6.16. The number of aryl methyl sites for hydroxylation is 1. The molecule has 0 radical (unpaired) electrons. The van der Waals surface area contributed by atoms with E-state index in [1.807, 2.05) is 6.20 Å². The maximum absolute atomic E-state index is 10.2. The zero-order valence-corrected chi connectivity index (χ0v) is 9.15. The summed E-state index contributed by atoms with van der Waals surface area (Å²) in [7, 11) is 0. The van der Waals surface area contributed by atoms with E-state index < -0.39 is 5.60 Å². The summed E-state index contributed by atoms with van der Waals surface area (Å²) in [5.74, 6) is 0.963. The number of nitrogens with zero attached hydrogens (tertiary/aromatic N) is 2. The highest BCUT2D eigenvalue weighted by molar-refractivity contribution is 5.00. The van der Waals surface area contributed by atoms with Gasteiger partial charge in [0, 0.05) is 38.4 Å². The lowest BCUT2D eigenvalue weighted by Gasteiger charge is -2.20. The molecule has 0 saturated carbocycles. The zero-order valence-electron chi connectivity index (χ0n) is 9.15. The van der Waals surface area contributed by atoms with Crippen LogP contribution in [0, 0.1) is 0 Å². The Bertz CT molecular complexity index is 316. The van der Waals surface area contributed by atoms with Crippen LogP contribution in [0.15, 0.2) is 12.4 Å². The average Bonchev–Trinajstić information content (AvgIpc) is 2.78. The van der Waals surface area contributed by atoms with E-state index in [4.69, 9.17) is 4.74 Å². The molecule has 1 aliphatic heterocycles. The van der Waals surface area contributed by atoms with Gasteiger partial charge in [-0.15, -0.1) is 0 Å². The van der Waals surface area contributed by atoms with Gasteiger partial charge in [0.1, 0.15) is 5.82 Å². The molecule has 1 fully saturated rings. The first-order valence-corrected chi connectivity index (χ1v) is 5.54. The van der Waals surface area contributed by atoms with Gasteiger partial charge in [0.25, 0.3) is 0 Å². The third-order valence-corrected chi connectivity index (χ3v) is 2.84. The molecule has 1 unspecified atom stereocenters. The Balaban J connectivity index is 2.06. The first-order valence-electron chi connectivity index (χ1n) is 5.54. The van der Waals surface area contributed by atoms with Crippen LogP contribution in [0.5, 0.6) is 0 Å². The Morgan fingerprint density at radius 1 is 1.67 bits per heavy atom. The zero-order chi connectivity index (χ0) is 10.7. The van der Waals surface area contributed by atoms with Gasteiger partial charge >= 0.3 is 0 Å². The minimum absolute atomic E-state index is 0.436. The molecule has 4 nitrogen and oxygen atoms in total. The van der Waals surface area contributed by atoms with Crippen molar-refractivity contribution in [1.29, 1.82) is 0 Å². The molecule has 1 aliphatic rings. The molecule has 0 aromatic carbocycles. The van der Waals surface area contributed by atoms with Gasteiger partial charge in [-0.3, -0.25) is 0 Å². The van der Waals surface area contributed by atoms with Crippen molar-refractivity contribution >= 4 is 0 Å². The second-order valence-electron chi connectivity index (χ2n) is 4.24. The molecule has 0 aliphatic carbocycles. The number of aliphatic hydroxyl groups is 1. The van der Waals surface area contributed by atoms with Gasteiger partial charge in [0.15, 0.2) is 0 Å². The van der Waals surface area contributed by atoms with E-state index in [9.17, 15) is 5.11 Å². The molecule has 1 aromatic rings. The number of imidazole rings is 1. The molecule has 2 heterocycles. The third-order valence-electron chi connectivity index (χ3n) is 2.84. The van der Waals surface area contributed by atoms with Gasteiger partial charge in [-0.2, -0.15) is 0 Å². The van der Waals surface area contributed by atoms with Crippen molar-refractivity contribution in [2.45, 2.75) is 38.3 Å². The van der Waals surface area contributed by atoms with Gasteiger partial charge in [-0.1, -0.05) is 6.92 Å². The van der Waals surface area contributed by atoms with E-state index in [2.05, 4.69) is 16.5 Å². The van der Waals surface area contributed by atoms with Crippen molar-refractivity contribution < 1.29 is 9.84 Å². The van der Waals surface area contributed by atoms with Crippen LogP contribution in [-0.4, -0.2) is 33.5 Å². The van der Waals surface area contributed by atoms with Crippen molar-refractivity contribution in [2.24, 2.45) is 0 Å². The summed E-state index contributed by atoms with van der Waals surface area (Å²) < 4.78 is 7.33. The predicted molar refractivity (Wildman–Crippen MR) is 56.6 cm³/mol. The summed E-state index contributed by atoms with van der Waals surface area (Å²) in [5.41, 5.74) is -0.698. The molecule has 0 spiro atoms. The Labute approximate surface area is 89.9 Å². The number of aromatic nitrogens is 2. The fraction of sp³-hybridized carbons (Fsp3) is 0.727. The van der Waals surface area contributed by atoms with E-state index >= 15 is 0 Å². The molecule has 0 amide bonds. The monoisotopic (exact) mass is 210 g/mol. The highest BCUT2D eigenvalue weighted by atomic mass is 16.5. The molecule has 84 valence electrons. The second kappa shape index (κ2) is 4.33. The Hall–Kier alpha value is -0.870. The summed E-state index contributed by atoms with van der Waals surface area (Å²) in [6, 6.07) is 0. The molecule has 0 bridgehead atoms. The summed E-state index contributed by atoms with van der Waals surface area (Å²) >= 11 is 0. The van der Waals surface area contributed by atoms with Crippen molar-refractivity contribution in [2.75, 3.05) is 13.2 Å². The van der Waals surface area contributed by atoms with E-state index in [1.54, 1.807) is 6.20 Å². The summed E-state index contributed by atoms with van der Waals surface area (Å²) in [4.78, 5) is 4.29. The van der Waals surface area contributed by atoms with E-state index in [1.165, 1.54) is 0 Å². The first kappa shape index (κ1) is 10.6. The van der Waals surface area contributed by atoms with Crippen LogP contribution < -0.4 is 0 Å². The van der Waals surface area contributed by atoms with Crippen LogP contribution in [0.1, 0.15) is 25.6 Å². The van der Waals surface area contributed by atoms with Crippen LogP contribution >= 0.6 is 0 Å². The Kier molecular flexibility index (Phi) is 3.07. The van der Waals surface area contributed by atoms with Gasteiger partial charge in [0.05, 0.1) is 12.2 Å². The lowest BCUT2D eigenvalue weighted by atomic mass is 9.99. The topological polar surface area (TPSA) is 47.3 Å². The van der Waals surface area contributed by atoms with Crippen LogP contribution in [0.4, 0.5) is 0 Å². The Morgan fingerprint density at radius 3 is 3.20 bits per heavy atom. The fourth-order valence-electron chi connectivity index (χ4n) is 1.98.